The fraction of sp³-hybridized carbons (Fsp3) is 0.450. The third kappa shape index (κ3) is 4.47. The molecule has 0 fully saturated rings. The van der Waals surface area contributed by atoms with E-state index in [0.29, 0.717) is 11.3 Å². The molecule has 2 rings (SSSR count). The van der Waals surface area contributed by atoms with Gasteiger partial charge in [0.05, 0.1) is 5.56 Å². The van der Waals surface area contributed by atoms with E-state index in [1.807, 2.05) is 71.9 Å². The van der Waals surface area contributed by atoms with Gasteiger partial charge in [-0.25, -0.2) is 0 Å². The molecule has 0 spiro atoms. The summed E-state index contributed by atoms with van der Waals surface area (Å²) in [6.45, 7) is 13.5. The summed E-state index contributed by atoms with van der Waals surface area (Å²) < 4.78 is 12.1. The van der Waals surface area contributed by atoms with Crippen LogP contribution in [0, 0.1) is 0 Å². The first-order valence-electron chi connectivity index (χ1n) is 7.92. The molecule has 23 heavy (non-hydrogen) atoms. The van der Waals surface area contributed by atoms with E-state index in [1.165, 1.54) is 0 Å². The van der Waals surface area contributed by atoms with Crippen molar-refractivity contribution in [2.75, 3.05) is 0 Å². The molecule has 0 amide bonds. The van der Waals surface area contributed by atoms with Gasteiger partial charge in [0, 0.05) is 5.39 Å². The summed E-state index contributed by atoms with van der Waals surface area (Å²) in [5.41, 5.74) is -0.0728. The summed E-state index contributed by atoms with van der Waals surface area (Å²) in [4.78, 5) is 12.0. The number of rotatable bonds is 3. The molecule has 0 bridgehead atoms. The van der Waals surface area contributed by atoms with Crippen LogP contribution >= 0.6 is 0 Å². The quantitative estimate of drug-likeness (QED) is 0.712. The van der Waals surface area contributed by atoms with E-state index in [9.17, 15) is 4.79 Å². The zero-order valence-electron chi connectivity index (χ0n) is 15.1. The number of ether oxygens (including phenoxy) is 2. The Kier molecular flexibility index (Phi) is 4.43. The second-order valence-electron chi connectivity index (χ2n) is 7.81. The Hall–Kier alpha value is -2.03. The smallest absolute Gasteiger partial charge is 0.163 e. The van der Waals surface area contributed by atoms with Gasteiger partial charge in [-0.15, -0.1) is 0 Å². The van der Waals surface area contributed by atoms with Crippen LogP contribution in [-0.4, -0.2) is 17.0 Å². The standard InChI is InChI=1S/C20H26O3/c1-13(21)15-11-14-9-8-10-17(22-19(2,3)4)16(14)12-18(15)23-20(5,6)7/h8-12H,1-7H3. The Morgan fingerprint density at radius 3 is 1.96 bits per heavy atom. The van der Waals surface area contributed by atoms with Gasteiger partial charge in [0.1, 0.15) is 22.7 Å². The maximum atomic E-state index is 12.0. The minimum atomic E-state index is -0.377. The summed E-state index contributed by atoms with van der Waals surface area (Å²) >= 11 is 0. The van der Waals surface area contributed by atoms with Gasteiger partial charge in [-0.1, -0.05) is 12.1 Å². The van der Waals surface area contributed by atoms with E-state index >= 15 is 0 Å². The lowest BCUT2D eigenvalue weighted by Gasteiger charge is -2.25. The van der Waals surface area contributed by atoms with Crippen molar-refractivity contribution >= 4 is 16.6 Å². The predicted octanol–water partition coefficient (Wildman–Crippen LogP) is 5.40. The number of carbonyl (C=O) groups is 1. The van der Waals surface area contributed by atoms with Gasteiger partial charge in [0.25, 0.3) is 0 Å². The largest absolute Gasteiger partial charge is 0.488 e. The SMILES string of the molecule is CC(=O)c1cc2cccc(OC(C)(C)C)c2cc1OC(C)(C)C. The molecule has 0 radical (unpaired) electrons. The highest BCUT2D eigenvalue weighted by Crippen LogP contribution is 2.35. The normalized spacial score (nSPS) is 12.3. The molecule has 0 aromatic heterocycles. The van der Waals surface area contributed by atoms with Crippen LogP contribution in [0.5, 0.6) is 11.5 Å². The fourth-order valence-corrected chi connectivity index (χ4v) is 2.39. The first-order chi connectivity index (χ1) is 10.5. The van der Waals surface area contributed by atoms with Crippen molar-refractivity contribution in [3.8, 4) is 11.5 Å². The zero-order chi connectivity index (χ0) is 17.4. The fourth-order valence-electron chi connectivity index (χ4n) is 2.39. The summed E-state index contributed by atoms with van der Waals surface area (Å²) in [6.07, 6.45) is 0. The van der Waals surface area contributed by atoms with Crippen LogP contribution in [0.4, 0.5) is 0 Å². The number of fused-ring (bicyclic) bond motifs is 1. The van der Waals surface area contributed by atoms with Crippen molar-refractivity contribution in [3.63, 3.8) is 0 Å². The van der Waals surface area contributed by atoms with Gasteiger partial charge in [-0.2, -0.15) is 0 Å². The molecule has 0 atom stereocenters. The van der Waals surface area contributed by atoms with Crippen LogP contribution in [0.15, 0.2) is 30.3 Å². The van der Waals surface area contributed by atoms with Gasteiger partial charge < -0.3 is 9.47 Å². The van der Waals surface area contributed by atoms with Crippen molar-refractivity contribution in [2.24, 2.45) is 0 Å². The molecule has 0 saturated carbocycles. The average Bonchev–Trinajstić information content (AvgIpc) is 2.35. The summed E-state index contributed by atoms with van der Waals surface area (Å²) in [5.74, 6) is 1.39. The Morgan fingerprint density at radius 1 is 0.870 bits per heavy atom. The molecular formula is C20H26O3. The van der Waals surface area contributed by atoms with Crippen molar-refractivity contribution in [1.29, 1.82) is 0 Å². The van der Waals surface area contributed by atoms with Crippen molar-refractivity contribution in [2.45, 2.75) is 59.7 Å². The van der Waals surface area contributed by atoms with Crippen molar-refractivity contribution in [1.82, 2.24) is 0 Å². The molecule has 3 heteroatoms. The molecular weight excluding hydrogens is 288 g/mol. The first-order valence-corrected chi connectivity index (χ1v) is 7.92. The lowest BCUT2D eigenvalue weighted by atomic mass is 10.0. The molecule has 0 N–H and O–H groups in total. The number of benzene rings is 2. The highest BCUT2D eigenvalue weighted by molar-refractivity contribution is 6.02. The third-order valence-corrected chi connectivity index (χ3v) is 3.15. The van der Waals surface area contributed by atoms with Gasteiger partial charge >= 0.3 is 0 Å². The number of hydrogen-bond acceptors (Lipinski definition) is 3. The highest BCUT2D eigenvalue weighted by atomic mass is 16.5. The van der Waals surface area contributed by atoms with Crippen LogP contribution in [0.3, 0.4) is 0 Å². The Balaban J connectivity index is 2.66. The lowest BCUT2D eigenvalue weighted by Crippen LogP contribution is -2.24. The second kappa shape index (κ2) is 5.88. The molecule has 0 aliphatic rings. The van der Waals surface area contributed by atoms with Crippen LogP contribution in [0.25, 0.3) is 10.8 Å². The van der Waals surface area contributed by atoms with Gasteiger partial charge in [0.2, 0.25) is 0 Å². The van der Waals surface area contributed by atoms with E-state index in [0.717, 1.165) is 16.5 Å². The van der Waals surface area contributed by atoms with Gasteiger partial charge in [-0.05, 0) is 72.1 Å². The molecule has 0 aliphatic carbocycles. The second-order valence-corrected chi connectivity index (χ2v) is 7.81. The average molecular weight is 314 g/mol. The maximum Gasteiger partial charge on any atom is 0.163 e. The number of ketones is 1. The predicted molar refractivity (Wildman–Crippen MR) is 94.7 cm³/mol. The summed E-state index contributed by atoms with van der Waals surface area (Å²) in [6, 6.07) is 9.67. The molecule has 0 aliphatic heterocycles. The molecule has 0 unspecified atom stereocenters. The Bertz CT molecular complexity index is 731. The molecule has 0 heterocycles. The molecule has 3 nitrogen and oxygen atoms in total. The number of hydrogen-bond donors (Lipinski definition) is 0. The maximum absolute atomic E-state index is 12.0. The lowest BCUT2D eigenvalue weighted by molar-refractivity contribution is 0.0990. The van der Waals surface area contributed by atoms with Crippen molar-refractivity contribution in [3.05, 3.63) is 35.9 Å². The monoisotopic (exact) mass is 314 g/mol. The summed E-state index contributed by atoms with van der Waals surface area (Å²) in [7, 11) is 0. The summed E-state index contributed by atoms with van der Waals surface area (Å²) in [5, 5.41) is 1.92. The molecule has 2 aromatic rings. The molecule has 0 saturated heterocycles. The third-order valence-electron chi connectivity index (χ3n) is 3.15. The van der Waals surface area contributed by atoms with E-state index in [2.05, 4.69) is 0 Å². The molecule has 2 aromatic carbocycles. The van der Waals surface area contributed by atoms with Crippen LogP contribution in [0.2, 0.25) is 0 Å². The minimum absolute atomic E-state index is 0.00621. The van der Waals surface area contributed by atoms with Crippen LogP contribution in [0.1, 0.15) is 58.8 Å². The highest BCUT2D eigenvalue weighted by Gasteiger charge is 2.20. The van der Waals surface area contributed by atoms with Crippen molar-refractivity contribution < 1.29 is 14.3 Å². The Labute approximate surface area is 138 Å². The zero-order valence-corrected chi connectivity index (χ0v) is 15.1. The van der Waals surface area contributed by atoms with Crippen LogP contribution < -0.4 is 9.47 Å². The van der Waals surface area contributed by atoms with E-state index in [-0.39, 0.29) is 17.0 Å². The van der Waals surface area contributed by atoms with Gasteiger partial charge in [0.15, 0.2) is 5.78 Å². The number of Topliss-reactive ketones (excluding diaryl/α,β-unsaturated/α-hetero) is 1. The van der Waals surface area contributed by atoms with E-state index in [1.54, 1.807) is 6.92 Å². The van der Waals surface area contributed by atoms with E-state index in [4.69, 9.17) is 9.47 Å². The molecule has 124 valence electrons. The van der Waals surface area contributed by atoms with Gasteiger partial charge in [-0.3, -0.25) is 4.79 Å². The Morgan fingerprint density at radius 2 is 1.43 bits per heavy atom. The first kappa shape index (κ1) is 17.3. The van der Waals surface area contributed by atoms with Crippen LogP contribution in [-0.2, 0) is 0 Å². The van der Waals surface area contributed by atoms with E-state index < -0.39 is 0 Å². The topological polar surface area (TPSA) is 35.5 Å². The minimum Gasteiger partial charge on any atom is -0.488 e. The number of carbonyl (C=O) groups excluding carboxylic acids is 1.